The molecule has 1 aromatic carbocycles. The third-order valence-corrected chi connectivity index (χ3v) is 3.96. The summed E-state index contributed by atoms with van der Waals surface area (Å²) in [5.41, 5.74) is 3.24. The molecular formula is C17H19NO2. The lowest BCUT2D eigenvalue weighted by molar-refractivity contribution is -0.132. The molecule has 3 heteroatoms. The normalized spacial score (nSPS) is 18.7. The van der Waals surface area contributed by atoms with Gasteiger partial charge in [-0.1, -0.05) is 37.6 Å². The van der Waals surface area contributed by atoms with Gasteiger partial charge in [0.1, 0.15) is 11.6 Å². The first-order valence-electron chi connectivity index (χ1n) is 7.13. The molecule has 0 fully saturated rings. The lowest BCUT2D eigenvalue weighted by Crippen LogP contribution is -2.15. The van der Waals surface area contributed by atoms with Gasteiger partial charge >= 0.3 is 5.97 Å². The van der Waals surface area contributed by atoms with Gasteiger partial charge in [-0.25, -0.2) is 4.79 Å². The van der Waals surface area contributed by atoms with Crippen LogP contribution in [0.5, 0.6) is 0 Å². The molecule has 104 valence electrons. The summed E-state index contributed by atoms with van der Waals surface area (Å²) in [5, 5.41) is 18.5. The van der Waals surface area contributed by atoms with E-state index in [1.807, 2.05) is 25.1 Å². The van der Waals surface area contributed by atoms with Gasteiger partial charge in [0.25, 0.3) is 0 Å². The molecule has 1 aliphatic rings. The van der Waals surface area contributed by atoms with E-state index in [4.69, 9.17) is 0 Å². The molecule has 0 bridgehead atoms. The van der Waals surface area contributed by atoms with Crippen molar-refractivity contribution >= 4 is 5.97 Å². The standard InChI is InChI=1S/C17H19NO2/c1-2-6-14(16(11-18)17(19)20)15-10-5-8-12-7-3-4-9-13(12)15/h3-4,7,9,15H,2,5-6,8,10H2,1H3,(H,19,20). The van der Waals surface area contributed by atoms with Crippen molar-refractivity contribution in [1.82, 2.24) is 0 Å². The summed E-state index contributed by atoms with van der Waals surface area (Å²) in [4.78, 5) is 11.3. The van der Waals surface area contributed by atoms with E-state index in [1.165, 1.54) is 11.1 Å². The van der Waals surface area contributed by atoms with Crippen LogP contribution in [0.25, 0.3) is 0 Å². The Labute approximate surface area is 119 Å². The summed E-state index contributed by atoms with van der Waals surface area (Å²) in [6.07, 6.45) is 4.56. The first kappa shape index (κ1) is 14.3. The second-order valence-electron chi connectivity index (χ2n) is 5.21. The van der Waals surface area contributed by atoms with Crippen LogP contribution in [0, 0.1) is 11.3 Å². The second kappa shape index (κ2) is 6.38. The van der Waals surface area contributed by atoms with Crippen molar-refractivity contribution in [3.05, 3.63) is 46.5 Å². The SMILES string of the molecule is CCCC(=C(C#N)C(=O)O)C1CCCc2ccccc21. The number of hydrogen-bond acceptors (Lipinski definition) is 2. The number of carboxylic acid groups (broad SMARTS) is 1. The van der Waals surface area contributed by atoms with Crippen molar-refractivity contribution in [2.24, 2.45) is 0 Å². The van der Waals surface area contributed by atoms with Crippen LogP contribution < -0.4 is 0 Å². The molecule has 0 spiro atoms. The van der Waals surface area contributed by atoms with Gasteiger partial charge in [-0.3, -0.25) is 0 Å². The fourth-order valence-corrected chi connectivity index (χ4v) is 3.12. The molecular weight excluding hydrogens is 250 g/mol. The topological polar surface area (TPSA) is 61.1 Å². The fourth-order valence-electron chi connectivity index (χ4n) is 3.12. The molecule has 1 atom stereocenters. The van der Waals surface area contributed by atoms with Crippen LogP contribution in [-0.4, -0.2) is 11.1 Å². The maximum Gasteiger partial charge on any atom is 0.346 e. The number of carboxylic acids is 1. The predicted octanol–water partition coefficient (Wildman–Crippen LogP) is 3.81. The second-order valence-corrected chi connectivity index (χ2v) is 5.21. The summed E-state index contributed by atoms with van der Waals surface area (Å²) in [5.74, 6) is -1.01. The van der Waals surface area contributed by atoms with Gasteiger partial charge in [0.05, 0.1) is 0 Å². The van der Waals surface area contributed by atoms with Gasteiger partial charge in [-0.15, -0.1) is 0 Å². The minimum absolute atomic E-state index is 0.0615. The average Bonchev–Trinajstić information content (AvgIpc) is 2.46. The van der Waals surface area contributed by atoms with Crippen molar-refractivity contribution in [3.8, 4) is 6.07 Å². The molecule has 0 saturated carbocycles. The van der Waals surface area contributed by atoms with Crippen LogP contribution in [0.2, 0.25) is 0 Å². The van der Waals surface area contributed by atoms with Crippen LogP contribution in [0.1, 0.15) is 49.7 Å². The third kappa shape index (κ3) is 2.75. The van der Waals surface area contributed by atoms with E-state index in [0.29, 0.717) is 6.42 Å². The number of fused-ring (bicyclic) bond motifs is 1. The molecule has 1 N–H and O–H groups in total. The van der Waals surface area contributed by atoms with Gasteiger partial charge in [0.15, 0.2) is 0 Å². The molecule has 2 rings (SSSR count). The van der Waals surface area contributed by atoms with Crippen molar-refractivity contribution < 1.29 is 9.90 Å². The Morgan fingerprint density at radius 1 is 1.45 bits per heavy atom. The van der Waals surface area contributed by atoms with E-state index >= 15 is 0 Å². The number of carbonyl (C=O) groups is 1. The van der Waals surface area contributed by atoms with Gasteiger partial charge in [0.2, 0.25) is 0 Å². The first-order chi connectivity index (χ1) is 9.69. The summed E-state index contributed by atoms with van der Waals surface area (Å²) in [7, 11) is 0. The summed E-state index contributed by atoms with van der Waals surface area (Å²) < 4.78 is 0. The van der Waals surface area contributed by atoms with E-state index in [1.54, 1.807) is 0 Å². The average molecular weight is 269 g/mol. The highest BCUT2D eigenvalue weighted by Gasteiger charge is 2.27. The molecule has 20 heavy (non-hydrogen) atoms. The zero-order valence-corrected chi connectivity index (χ0v) is 11.7. The van der Waals surface area contributed by atoms with Crippen molar-refractivity contribution in [2.75, 3.05) is 0 Å². The highest BCUT2D eigenvalue weighted by Crippen LogP contribution is 2.39. The smallest absolute Gasteiger partial charge is 0.346 e. The van der Waals surface area contributed by atoms with E-state index < -0.39 is 5.97 Å². The molecule has 1 aromatic rings. The first-order valence-corrected chi connectivity index (χ1v) is 7.13. The van der Waals surface area contributed by atoms with Crippen LogP contribution in [0.4, 0.5) is 0 Å². The number of aliphatic carboxylic acids is 1. The van der Waals surface area contributed by atoms with Crippen molar-refractivity contribution in [3.63, 3.8) is 0 Å². The quantitative estimate of drug-likeness (QED) is 0.667. The summed E-state index contributed by atoms with van der Waals surface area (Å²) >= 11 is 0. The lowest BCUT2D eigenvalue weighted by atomic mass is 9.76. The number of benzene rings is 1. The highest BCUT2D eigenvalue weighted by atomic mass is 16.4. The summed E-state index contributed by atoms with van der Waals surface area (Å²) in [6.45, 7) is 2.02. The van der Waals surface area contributed by atoms with E-state index in [-0.39, 0.29) is 11.5 Å². The molecule has 1 aliphatic carbocycles. The Hall–Kier alpha value is -2.08. The van der Waals surface area contributed by atoms with Gasteiger partial charge in [-0.05, 0) is 42.4 Å². The Morgan fingerprint density at radius 3 is 2.85 bits per heavy atom. The van der Waals surface area contributed by atoms with Crippen LogP contribution in [-0.2, 0) is 11.2 Å². The Morgan fingerprint density at radius 2 is 2.20 bits per heavy atom. The van der Waals surface area contributed by atoms with Crippen molar-refractivity contribution in [2.45, 2.75) is 44.9 Å². The zero-order chi connectivity index (χ0) is 14.5. The number of nitrogens with zero attached hydrogens (tertiary/aromatic N) is 1. The Balaban J connectivity index is 2.52. The molecule has 0 aromatic heterocycles. The minimum atomic E-state index is -1.10. The van der Waals surface area contributed by atoms with Crippen LogP contribution in [0.3, 0.4) is 0 Å². The molecule has 3 nitrogen and oxygen atoms in total. The number of nitriles is 1. The van der Waals surface area contributed by atoms with E-state index in [0.717, 1.165) is 31.3 Å². The van der Waals surface area contributed by atoms with E-state index in [2.05, 4.69) is 12.1 Å². The number of rotatable bonds is 4. The number of hydrogen-bond donors (Lipinski definition) is 1. The molecule has 0 amide bonds. The molecule has 0 aliphatic heterocycles. The van der Waals surface area contributed by atoms with Crippen LogP contribution >= 0.6 is 0 Å². The number of allylic oxidation sites excluding steroid dienone is 1. The highest BCUT2D eigenvalue weighted by molar-refractivity contribution is 5.92. The number of aryl methyl sites for hydroxylation is 1. The predicted molar refractivity (Wildman–Crippen MR) is 77.3 cm³/mol. The maximum atomic E-state index is 11.3. The van der Waals surface area contributed by atoms with E-state index in [9.17, 15) is 15.2 Å². The third-order valence-electron chi connectivity index (χ3n) is 3.96. The minimum Gasteiger partial charge on any atom is -0.477 e. The molecule has 0 saturated heterocycles. The lowest BCUT2D eigenvalue weighted by Gasteiger charge is -2.28. The van der Waals surface area contributed by atoms with Crippen LogP contribution in [0.15, 0.2) is 35.4 Å². The van der Waals surface area contributed by atoms with Gasteiger partial charge in [0, 0.05) is 5.92 Å². The fraction of sp³-hybridized carbons (Fsp3) is 0.412. The summed E-state index contributed by atoms with van der Waals surface area (Å²) in [6, 6.07) is 10.1. The van der Waals surface area contributed by atoms with Gasteiger partial charge < -0.3 is 5.11 Å². The largest absolute Gasteiger partial charge is 0.477 e. The maximum absolute atomic E-state index is 11.3. The zero-order valence-electron chi connectivity index (χ0n) is 11.7. The molecule has 1 unspecified atom stereocenters. The monoisotopic (exact) mass is 269 g/mol. The molecule has 0 heterocycles. The Bertz CT molecular complexity index is 581. The van der Waals surface area contributed by atoms with Crippen molar-refractivity contribution in [1.29, 1.82) is 5.26 Å². The molecule has 0 radical (unpaired) electrons. The Kier molecular flexibility index (Phi) is 4.57. The van der Waals surface area contributed by atoms with Gasteiger partial charge in [-0.2, -0.15) is 5.26 Å².